The maximum Gasteiger partial charge on any atom is 0.116 e. The van der Waals surface area contributed by atoms with Crippen LogP contribution in [0.15, 0.2) is 61.3 Å². The maximum absolute atomic E-state index is 4.70. The van der Waals surface area contributed by atoms with Gasteiger partial charge in [0.1, 0.15) is 18.0 Å². The summed E-state index contributed by atoms with van der Waals surface area (Å²) in [7, 11) is 0. The van der Waals surface area contributed by atoms with Gasteiger partial charge in [-0.25, -0.2) is 19.9 Å². The molecular formula is C28H26N6. The van der Waals surface area contributed by atoms with Crippen molar-refractivity contribution < 1.29 is 0 Å². The van der Waals surface area contributed by atoms with Crippen LogP contribution >= 0.6 is 0 Å². The van der Waals surface area contributed by atoms with E-state index in [1.54, 1.807) is 6.33 Å². The lowest BCUT2D eigenvalue weighted by Crippen LogP contribution is -1.91. The number of H-pyrrole nitrogens is 2. The Labute approximate surface area is 197 Å². The van der Waals surface area contributed by atoms with E-state index in [-0.39, 0.29) is 0 Å². The molecule has 0 radical (unpaired) electrons. The van der Waals surface area contributed by atoms with Gasteiger partial charge in [0, 0.05) is 39.9 Å². The van der Waals surface area contributed by atoms with Gasteiger partial charge < -0.3 is 9.97 Å². The molecule has 0 aliphatic heterocycles. The Bertz CT molecular complexity index is 1530. The van der Waals surface area contributed by atoms with Crippen molar-refractivity contribution in [2.24, 2.45) is 0 Å². The molecule has 6 nitrogen and oxygen atoms in total. The number of hydrogen-bond donors (Lipinski definition) is 2. The summed E-state index contributed by atoms with van der Waals surface area (Å²) in [5.41, 5.74) is 5.19. The minimum Gasteiger partial charge on any atom is -0.342 e. The number of imidazole rings is 2. The largest absolute Gasteiger partial charge is 0.342 e. The zero-order valence-electron chi connectivity index (χ0n) is 19.7. The first-order chi connectivity index (χ1) is 16.5. The van der Waals surface area contributed by atoms with Gasteiger partial charge in [0.05, 0.1) is 29.3 Å². The summed E-state index contributed by atoms with van der Waals surface area (Å²) >= 11 is 0. The molecule has 3 aromatic heterocycles. The van der Waals surface area contributed by atoms with Crippen molar-refractivity contribution in [3.8, 4) is 22.5 Å². The Balaban J connectivity index is 1.58. The topological polar surface area (TPSA) is 83.1 Å². The fourth-order valence-electron chi connectivity index (χ4n) is 4.61. The first kappa shape index (κ1) is 20.5. The Morgan fingerprint density at radius 1 is 0.588 bits per heavy atom. The molecule has 0 atom stereocenters. The molecule has 34 heavy (non-hydrogen) atoms. The Morgan fingerprint density at radius 3 is 1.71 bits per heavy atom. The monoisotopic (exact) mass is 446 g/mol. The number of rotatable bonds is 4. The lowest BCUT2D eigenvalue weighted by atomic mass is 9.94. The van der Waals surface area contributed by atoms with Crippen LogP contribution in [0.3, 0.4) is 0 Å². The molecule has 0 amide bonds. The van der Waals surface area contributed by atoms with Crippen molar-refractivity contribution in [2.75, 3.05) is 0 Å². The van der Waals surface area contributed by atoms with E-state index in [0.717, 1.165) is 55.8 Å². The molecule has 3 heterocycles. The number of nitrogens with zero attached hydrogens (tertiary/aromatic N) is 4. The van der Waals surface area contributed by atoms with E-state index >= 15 is 0 Å². The van der Waals surface area contributed by atoms with Gasteiger partial charge in [0.2, 0.25) is 0 Å². The van der Waals surface area contributed by atoms with Gasteiger partial charge in [-0.3, -0.25) is 0 Å². The molecule has 2 N–H and O–H groups in total. The zero-order valence-corrected chi connectivity index (χ0v) is 19.7. The van der Waals surface area contributed by atoms with Crippen LogP contribution in [0.1, 0.15) is 51.2 Å². The average molecular weight is 447 g/mol. The summed E-state index contributed by atoms with van der Waals surface area (Å²) in [5.74, 6) is 2.70. The van der Waals surface area contributed by atoms with Gasteiger partial charge in [-0.2, -0.15) is 0 Å². The minimum atomic E-state index is 0.354. The van der Waals surface area contributed by atoms with E-state index in [1.807, 2.05) is 18.6 Å². The third-order valence-corrected chi connectivity index (χ3v) is 6.49. The van der Waals surface area contributed by atoms with Gasteiger partial charge in [-0.1, -0.05) is 52.0 Å². The smallest absolute Gasteiger partial charge is 0.116 e. The molecule has 0 fully saturated rings. The van der Waals surface area contributed by atoms with Gasteiger partial charge >= 0.3 is 0 Å². The zero-order chi connectivity index (χ0) is 23.4. The summed E-state index contributed by atoms with van der Waals surface area (Å²) in [4.78, 5) is 25.1. The van der Waals surface area contributed by atoms with Crippen LogP contribution in [0, 0.1) is 0 Å². The second-order valence-corrected chi connectivity index (χ2v) is 9.48. The number of hydrogen-bond acceptors (Lipinski definition) is 4. The van der Waals surface area contributed by atoms with Crippen molar-refractivity contribution in [1.29, 1.82) is 0 Å². The summed E-state index contributed by atoms with van der Waals surface area (Å²) in [6, 6.07) is 13.1. The Kier molecular flexibility index (Phi) is 4.69. The summed E-state index contributed by atoms with van der Waals surface area (Å²) in [5, 5.41) is 5.65. The molecule has 0 bridgehead atoms. The van der Waals surface area contributed by atoms with Crippen molar-refractivity contribution in [3.05, 3.63) is 73.0 Å². The normalized spacial score (nSPS) is 12.1. The fraction of sp³-hybridized carbons (Fsp3) is 0.214. The highest BCUT2D eigenvalue weighted by Gasteiger charge is 2.14. The summed E-state index contributed by atoms with van der Waals surface area (Å²) in [6.07, 6.45) is 7.37. The Hall–Kier alpha value is -4.06. The molecule has 0 spiro atoms. The molecule has 168 valence electrons. The van der Waals surface area contributed by atoms with E-state index in [4.69, 9.17) is 4.98 Å². The third-order valence-electron chi connectivity index (χ3n) is 6.49. The minimum absolute atomic E-state index is 0.354. The number of fused-ring (bicyclic) bond motifs is 6. The lowest BCUT2D eigenvalue weighted by Gasteiger charge is -2.12. The SMILES string of the molecule is CC(C)c1ncc(-c2ccc3c(c2)c2cncnc2c2cc(-c4cnc(C(C)C)[nH]4)ccc32)[nH]1. The first-order valence-corrected chi connectivity index (χ1v) is 11.7. The predicted molar refractivity (Wildman–Crippen MR) is 138 cm³/mol. The van der Waals surface area contributed by atoms with Crippen LogP contribution in [-0.4, -0.2) is 29.9 Å². The van der Waals surface area contributed by atoms with Crippen molar-refractivity contribution in [1.82, 2.24) is 29.9 Å². The molecule has 3 aromatic carbocycles. The molecule has 6 aromatic rings. The number of nitrogens with one attached hydrogen (secondary N) is 2. The molecule has 0 aliphatic carbocycles. The highest BCUT2D eigenvalue weighted by Crippen LogP contribution is 2.37. The van der Waals surface area contributed by atoms with E-state index in [1.165, 1.54) is 10.8 Å². The predicted octanol–water partition coefficient (Wildman–Crippen LogP) is 6.96. The lowest BCUT2D eigenvalue weighted by molar-refractivity contribution is 0.795. The van der Waals surface area contributed by atoms with Crippen molar-refractivity contribution >= 4 is 32.4 Å². The second kappa shape index (κ2) is 7.76. The van der Waals surface area contributed by atoms with Crippen LogP contribution < -0.4 is 0 Å². The van der Waals surface area contributed by atoms with Crippen LogP contribution in [0.25, 0.3) is 55.0 Å². The molecule has 0 aliphatic rings. The van der Waals surface area contributed by atoms with E-state index < -0.39 is 0 Å². The van der Waals surface area contributed by atoms with Crippen molar-refractivity contribution in [2.45, 2.75) is 39.5 Å². The quantitative estimate of drug-likeness (QED) is 0.287. The molecule has 0 saturated heterocycles. The fourth-order valence-corrected chi connectivity index (χ4v) is 4.61. The van der Waals surface area contributed by atoms with Crippen LogP contribution in [0.4, 0.5) is 0 Å². The van der Waals surface area contributed by atoms with Crippen LogP contribution in [0.2, 0.25) is 0 Å². The van der Waals surface area contributed by atoms with E-state index in [0.29, 0.717) is 11.8 Å². The van der Waals surface area contributed by atoms with E-state index in [2.05, 4.69) is 89.0 Å². The maximum atomic E-state index is 4.70. The van der Waals surface area contributed by atoms with E-state index in [9.17, 15) is 0 Å². The number of aromatic amines is 2. The molecule has 0 saturated carbocycles. The van der Waals surface area contributed by atoms with Crippen LogP contribution in [0.5, 0.6) is 0 Å². The van der Waals surface area contributed by atoms with Gasteiger partial charge in [0.25, 0.3) is 0 Å². The van der Waals surface area contributed by atoms with Crippen molar-refractivity contribution in [3.63, 3.8) is 0 Å². The van der Waals surface area contributed by atoms with Crippen LogP contribution in [-0.2, 0) is 0 Å². The van der Waals surface area contributed by atoms with Gasteiger partial charge in [0.15, 0.2) is 0 Å². The average Bonchev–Trinajstić information content (AvgIpc) is 3.54. The number of benzene rings is 3. The Morgan fingerprint density at radius 2 is 1.15 bits per heavy atom. The second-order valence-electron chi connectivity index (χ2n) is 9.48. The summed E-state index contributed by atoms with van der Waals surface area (Å²) < 4.78 is 0. The highest BCUT2D eigenvalue weighted by atomic mass is 14.9. The molecular weight excluding hydrogens is 420 g/mol. The number of aromatic nitrogens is 6. The highest BCUT2D eigenvalue weighted by molar-refractivity contribution is 6.24. The molecule has 6 rings (SSSR count). The molecule has 6 heteroatoms. The molecule has 0 unspecified atom stereocenters. The third kappa shape index (κ3) is 3.25. The van der Waals surface area contributed by atoms with Gasteiger partial charge in [-0.05, 0) is 28.3 Å². The standard InChI is InChI=1S/C28H26N6/c1-15(2)27-30-12-24(33-27)17-5-7-19-20-8-6-18(25-13-31-28(34-25)16(3)4)10-22(20)26-23(21(19)9-17)11-29-14-32-26/h5-16H,1-4H3,(H,30,33)(H,31,34). The first-order valence-electron chi connectivity index (χ1n) is 11.7. The van der Waals surface area contributed by atoms with Gasteiger partial charge in [-0.15, -0.1) is 0 Å². The summed E-state index contributed by atoms with van der Waals surface area (Å²) in [6.45, 7) is 8.56.